The van der Waals surface area contributed by atoms with Crippen molar-refractivity contribution >= 4 is 0 Å². The number of hydrogen-bond acceptors (Lipinski definition) is 2. The van der Waals surface area contributed by atoms with Crippen LogP contribution in [-0.2, 0) is 4.74 Å². The van der Waals surface area contributed by atoms with Crippen molar-refractivity contribution < 1.29 is 4.74 Å². The summed E-state index contributed by atoms with van der Waals surface area (Å²) < 4.78 is 5.21. The molecule has 1 aliphatic rings. The molecule has 0 radical (unpaired) electrons. The fourth-order valence-electron chi connectivity index (χ4n) is 1.31. The van der Waals surface area contributed by atoms with Gasteiger partial charge in [-0.05, 0) is 20.4 Å². The molecule has 1 fully saturated rings. The first-order valence-corrected chi connectivity index (χ1v) is 3.47. The van der Waals surface area contributed by atoms with Gasteiger partial charge in [-0.1, -0.05) is 0 Å². The zero-order chi connectivity index (χ0) is 6.85. The Morgan fingerprint density at radius 3 is 2.44 bits per heavy atom. The van der Waals surface area contributed by atoms with Gasteiger partial charge in [0.15, 0.2) is 0 Å². The van der Waals surface area contributed by atoms with Crippen molar-refractivity contribution in [2.45, 2.75) is 25.5 Å². The molecule has 9 heavy (non-hydrogen) atoms. The van der Waals surface area contributed by atoms with Crippen LogP contribution in [0.5, 0.6) is 0 Å². The third-order valence-electron chi connectivity index (χ3n) is 2.18. The van der Waals surface area contributed by atoms with Gasteiger partial charge in [-0.3, -0.25) is 0 Å². The average Bonchev–Trinajstić information content (AvgIpc) is 2.13. The molecule has 0 unspecified atom stereocenters. The van der Waals surface area contributed by atoms with E-state index in [1.54, 1.807) is 7.11 Å². The van der Waals surface area contributed by atoms with Crippen molar-refractivity contribution in [3.05, 3.63) is 0 Å². The lowest BCUT2D eigenvalue weighted by Crippen LogP contribution is -2.22. The van der Waals surface area contributed by atoms with E-state index in [1.165, 1.54) is 6.42 Å². The second-order valence-electron chi connectivity index (χ2n) is 2.88. The molecule has 0 N–H and O–H groups in total. The van der Waals surface area contributed by atoms with E-state index < -0.39 is 0 Å². The predicted molar refractivity (Wildman–Crippen MR) is 37.5 cm³/mol. The van der Waals surface area contributed by atoms with Gasteiger partial charge in [0, 0.05) is 19.7 Å². The summed E-state index contributed by atoms with van der Waals surface area (Å²) in [5.41, 5.74) is 0. The largest absolute Gasteiger partial charge is 0.380 e. The summed E-state index contributed by atoms with van der Waals surface area (Å²) in [4.78, 5) is 2.33. The molecule has 1 rings (SSSR count). The summed E-state index contributed by atoms with van der Waals surface area (Å²) in [5.74, 6) is 0. The van der Waals surface area contributed by atoms with Crippen LogP contribution in [0.25, 0.3) is 0 Å². The monoisotopic (exact) mass is 129 g/mol. The SMILES string of the molecule is CO[C@@H]1C[C@H](C)N(C)C1. The summed E-state index contributed by atoms with van der Waals surface area (Å²) in [6.45, 7) is 3.33. The van der Waals surface area contributed by atoms with E-state index in [9.17, 15) is 0 Å². The number of methoxy groups -OCH3 is 1. The molecule has 0 amide bonds. The molecule has 1 aliphatic heterocycles. The van der Waals surface area contributed by atoms with Crippen molar-refractivity contribution in [2.75, 3.05) is 20.7 Å². The van der Waals surface area contributed by atoms with Crippen molar-refractivity contribution in [2.24, 2.45) is 0 Å². The van der Waals surface area contributed by atoms with E-state index in [0.29, 0.717) is 12.1 Å². The van der Waals surface area contributed by atoms with E-state index in [0.717, 1.165) is 6.54 Å². The molecule has 0 saturated carbocycles. The summed E-state index contributed by atoms with van der Waals surface area (Å²) >= 11 is 0. The highest BCUT2D eigenvalue weighted by Crippen LogP contribution is 2.16. The predicted octanol–water partition coefficient (Wildman–Crippen LogP) is 0.725. The molecular weight excluding hydrogens is 114 g/mol. The van der Waals surface area contributed by atoms with E-state index in [1.807, 2.05) is 0 Å². The van der Waals surface area contributed by atoms with Gasteiger partial charge in [0.2, 0.25) is 0 Å². The van der Waals surface area contributed by atoms with Gasteiger partial charge >= 0.3 is 0 Å². The highest BCUT2D eigenvalue weighted by molar-refractivity contribution is 4.79. The van der Waals surface area contributed by atoms with Gasteiger partial charge in [-0.2, -0.15) is 0 Å². The summed E-state index contributed by atoms with van der Waals surface area (Å²) in [6, 6.07) is 0.704. The molecule has 54 valence electrons. The molecule has 1 saturated heterocycles. The zero-order valence-corrected chi connectivity index (χ0v) is 6.42. The number of ether oxygens (including phenoxy) is 1. The normalized spacial score (nSPS) is 37.7. The molecule has 0 aliphatic carbocycles. The number of hydrogen-bond donors (Lipinski definition) is 0. The Bertz CT molecular complexity index is 84.9. The maximum absolute atomic E-state index is 5.21. The number of rotatable bonds is 1. The minimum Gasteiger partial charge on any atom is -0.380 e. The molecule has 2 atom stereocenters. The Morgan fingerprint density at radius 1 is 1.56 bits per heavy atom. The molecule has 1 heterocycles. The first-order valence-electron chi connectivity index (χ1n) is 3.47. The Hall–Kier alpha value is -0.0800. The van der Waals surface area contributed by atoms with Crippen LogP contribution < -0.4 is 0 Å². The molecule has 2 nitrogen and oxygen atoms in total. The molecule has 0 spiro atoms. The lowest BCUT2D eigenvalue weighted by Gasteiger charge is -2.11. The van der Waals surface area contributed by atoms with Crippen LogP contribution in [0.1, 0.15) is 13.3 Å². The summed E-state index contributed by atoms with van der Waals surface area (Å²) in [7, 11) is 3.93. The maximum Gasteiger partial charge on any atom is 0.0713 e. The second kappa shape index (κ2) is 2.67. The molecule has 0 aromatic heterocycles. The average molecular weight is 129 g/mol. The Morgan fingerprint density at radius 2 is 2.22 bits per heavy atom. The van der Waals surface area contributed by atoms with E-state index >= 15 is 0 Å². The second-order valence-corrected chi connectivity index (χ2v) is 2.88. The fourth-order valence-corrected chi connectivity index (χ4v) is 1.31. The molecular formula is C7H15NO. The fraction of sp³-hybridized carbons (Fsp3) is 1.00. The minimum atomic E-state index is 0.477. The quantitative estimate of drug-likeness (QED) is 0.517. The van der Waals surface area contributed by atoms with Gasteiger partial charge in [0.1, 0.15) is 0 Å². The van der Waals surface area contributed by atoms with Crippen molar-refractivity contribution in [3.63, 3.8) is 0 Å². The molecule has 0 bridgehead atoms. The van der Waals surface area contributed by atoms with Crippen LogP contribution >= 0.6 is 0 Å². The van der Waals surface area contributed by atoms with E-state index in [-0.39, 0.29) is 0 Å². The van der Waals surface area contributed by atoms with Gasteiger partial charge in [-0.25, -0.2) is 0 Å². The van der Waals surface area contributed by atoms with Gasteiger partial charge in [0.25, 0.3) is 0 Å². The highest BCUT2D eigenvalue weighted by atomic mass is 16.5. The van der Waals surface area contributed by atoms with Crippen LogP contribution in [0.15, 0.2) is 0 Å². The Labute approximate surface area is 56.8 Å². The topological polar surface area (TPSA) is 12.5 Å². The van der Waals surface area contributed by atoms with Crippen molar-refractivity contribution in [1.29, 1.82) is 0 Å². The summed E-state index contributed by atoms with van der Waals surface area (Å²) in [5, 5.41) is 0. The molecule has 2 heteroatoms. The Kier molecular flexibility index (Phi) is 2.09. The van der Waals surface area contributed by atoms with Crippen LogP contribution in [0.4, 0.5) is 0 Å². The van der Waals surface area contributed by atoms with Crippen LogP contribution in [0.2, 0.25) is 0 Å². The number of likely N-dealkylation sites (tertiary alicyclic amines) is 1. The van der Waals surface area contributed by atoms with Crippen LogP contribution in [0.3, 0.4) is 0 Å². The smallest absolute Gasteiger partial charge is 0.0713 e. The van der Waals surface area contributed by atoms with Crippen LogP contribution in [-0.4, -0.2) is 37.7 Å². The molecule has 0 aromatic carbocycles. The number of nitrogens with zero attached hydrogens (tertiary/aromatic N) is 1. The highest BCUT2D eigenvalue weighted by Gasteiger charge is 2.25. The minimum absolute atomic E-state index is 0.477. The maximum atomic E-state index is 5.21. The third-order valence-corrected chi connectivity index (χ3v) is 2.18. The van der Waals surface area contributed by atoms with E-state index in [4.69, 9.17) is 4.74 Å². The third kappa shape index (κ3) is 1.43. The van der Waals surface area contributed by atoms with Crippen molar-refractivity contribution in [3.8, 4) is 0 Å². The Balaban J connectivity index is 2.35. The lowest BCUT2D eigenvalue weighted by molar-refractivity contribution is 0.111. The number of likely N-dealkylation sites (N-methyl/N-ethyl adjacent to an activating group) is 1. The molecule has 0 aromatic rings. The summed E-state index contributed by atoms with van der Waals surface area (Å²) in [6.07, 6.45) is 1.66. The lowest BCUT2D eigenvalue weighted by atomic mass is 10.2. The van der Waals surface area contributed by atoms with Gasteiger partial charge in [0.05, 0.1) is 6.10 Å². The van der Waals surface area contributed by atoms with Gasteiger partial charge in [-0.15, -0.1) is 0 Å². The van der Waals surface area contributed by atoms with Crippen LogP contribution in [0, 0.1) is 0 Å². The zero-order valence-electron chi connectivity index (χ0n) is 6.42. The first-order chi connectivity index (χ1) is 4.24. The first kappa shape index (κ1) is 7.03. The van der Waals surface area contributed by atoms with E-state index in [2.05, 4.69) is 18.9 Å². The van der Waals surface area contributed by atoms with Crippen molar-refractivity contribution in [1.82, 2.24) is 4.90 Å². The van der Waals surface area contributed by atoms with Gasteiger partial charge < -0.3 is 9.64 Å². The standard InChI is InChI=1S/C7H15NO/c1-6-4-7(9-3)5-8(6)2/h6-7H,4-5H2,1-3H3/t6-,7+/m0/s1.